The maximum Gasteiger partial charge on any atom is 0.573 e. The van der Waals surface area contributed by atoms with Gasteiger partial charge < -0.3 is 28.6 Å². The normalized spacial score (nSPS) is 13.4. The van der Waals surface area contributed by atoms with Crippen LogP contribution in [0, 0.1) is 0 Å². The van der Waals surface area contributed by atoms with Crippen LogP contribution in [-0.4, -0.2) is 90.2 Å². The summed E-state index contributed by atoms with van der Waals surface area (Å²) in [6.45, 7) is 1.35. The van der Waals surface area contributed by atoms with Crippen molar-refractivity contribution in [3.05, 3.63) is 108 Å². The molecule has 10 nitrogen and oxygen atoms in total. The number of carbonyl (C=O) groups excluding carboxylic acids is 2. The number of rotatable bonds is 12. The third-order valence-corrected chi connectivity index (χ3v) is 8.84. The molecule has 16 heteroatoms. The summed E-state index contributed by atoms with van der Waals surface area (Å²) >= 11 is 0. The molecular formula is C38H37BrF5N5O5. The minimum atomic E-state index is -4.83. The van der Waals surface area contributed by atoms with Crippen molar-refractivity contribution in [1.82, 2.24) is 19.4 Å². The van der Waals surface area contributed by atoms with Crippen LogP contribution in [0.4, 0.5) is 27.6 Å². The number of halogens is 6. The third-order valence-electron chi connectivity index (χ3n) is 8.84. The minimum Gasteiger partial charge on any atom is -0.485 e. The van der Waals surface area contributed by atoms with E-state index in [0.29, 0.717) is 55.6 Å². The van der Waals surface area contributed by atoms with Crippen molar-refractivity contribution in [3.8, 4) is 23.1 Å². The van der Waals surface area contributed by atoms with Gasteiger partial charge >= 0.3 is 6.36 Å². The number of anilines is 1. The molecule has 3 heterocycles. The molecular weight excluding hydrogens is 781 g/mol. The van der Waals surface area contributed by atoms with Crippen LogP contribution in [0.2, 0.25) is 0 Å². The number of ether oxygens (including phenoxy) is 3. The molecule has 1 fully saturated rings. The number of benzene rings is 3. The molecule has 3 aromatic carbocycles. The second-order valence-electron chi connectivity index (χ2n) is 12.5. The summed E-state index contributed by atoms with van der Waals surface area (Å²) in [6.07, 6.45) is -4.49. The van der Waals surface area contributed by atoms with E-state index in [0.717, 1.165) is 28.6 Å². The molecule has 0 aliphatic carbocycles. The fourth-order valence-corrected chi connectivity index (χ4v) is 5.94. The number of carbonyl (C=O) groups is 2. The Morgan fingerprint density at radius 1 is 0.852 bits per heavy atom. The zero-order valence-corrected chi connectivity index (χ0v) is 31.0. The number of hydrogen-bond acceptors (Lipinski definition) is 7. The fourth-order valence-electron chi connectivity index (χ4n) is 5.94. The highest BCUT2D eigenvalue weighted by Crippen LogP contribution is 2.29. The van der Waals surface area contributed by atoms with Crippen molar-refractivity contribution in [2.45, 2.75) is 19.0 Å². The monoisotopic (exact) mass is 817 g/mol. The molecule has 2 amide bonds. The van der Waals surface area contributed by atoms with Crippen molar-refractivity contribution < 1.29 is 45.8 Å². The van der Waals surface area contributed by atoms with Gasteiger partial charge in [-0.15, -0.1) is 30.2 Å². The molecule has 0 N–H and O–H groups in total. The van der Waals surface area contributed by atoms with Crippen LogP contribution in [0.3, 0.4) is 0 Å². The first-order valence-corrected chi connectivity index (χ1v) is 16.7. The van der Waals surface area contributed by atoms with Crippen molar-refractivity contribution >= 4 is 45.4 Å². The number of amides is 2. The predicted octanol–water partition coefficient (Wildman–Crippen LogP) is 7.76. The Morgan fingerprint density at radius 3 is 2.11 bits per heavy atom. The molecule has 2 aromatic heterocycles. The Hall–Kier alpha value is -5.22. The Morgan fingerprint density at radius 2 is 1.50 bits per heavy atom. The van der Waals surface area contributed by atoms with Crippen LogP contribution in [0.5, 0.6) is 23.1 Å². The van der Waals surface area contributed by atoms with Crippen LogP contribution in [0.1, 0.15) is 26.4 Å². The van der Waals surface area contributed by atoms with Gasteiger partial charge in [-0.2, -0.15) is 0 Å². The van der Waals surface area contributed by atoms with E-state index in [1.54, 1.807) is 30.3 Å². The lowest BCUT2D eigenvalue weighted by Gasteiger charge is -2.34. The molecule has 0 unspecified atom stereocenters. The second kappa shape index (κ2) is 17.3. The molecule has 1 aliphatic heterocycles. The van der Waals surface area contributed by atoms with Crippen molar-refractivity contribution in [2.24, 2.45) is 7.05 Å². The van der Waals surface area contributed by atoms with Crippen LogP contribution in [-0.2, 0) is 13.6 Å². The SMILES string of the molecule is Br.CN(C(=O)c1ccc(OC(F)(F)F)cc1)c1ccc(Oc2ccc3cc(C(=O)N4CCN(Cc5ccc(OC(CF)CF)cc5)CC4)n(C)c3c2)nc1. The largest absolute Gasteiger partial charge is 0.573 e. The van der Waals surface area contributed by atoms with E-state index in [9.17, 15) is 31.5 Å². The number of pyridine rings is 1. The number of hydrogen-bond donors (Lipinski definition) is 0. The Balaban J connectivity index is 0.00000561. The average Bonchev–Trinajstić information content (AvgIpc) is 3.49. The molecule has 0 radical (unpaired) electrons. The molecule has 5 aromatic rings. The highest BCUT2D eigenvalue weighted by molar-refractivity contribution is 8.93. The van der Waals surface area contributed by atoms with E-state index >= 15 is 0 Å². The van der Waals surface area contributed by atoms with E-state index in [2.05, 4.69) is 14.6 Å². The summed E-state index contributed by atoms with van der Waals surface area (Å²) in [6, 6.07) is 22.3. The summed E-state index contributed by atoms with van der Waals surface area (Å²) in [5.41, 5.74) is 2.95. The number of nitrogens with zero attached hydrogens (tertiary/aromatic N) is 5. The lowest BCUT2D eigenvalue weighted by Crippen LogP contribution is -2.48. The van der Waals surface area contributed by atoms with Gasteiger partial charge in [0.15, 0.2) is 6.10 Å². The maximum absolute atomic E-state index is 13.6. The number of fused-ring (bicyclic) bond motifs is 1. The van der Waals surface area contributed by atoms with E-state index < -0.39 is 37.5 Å². The molecule has 286 valence electrons. The summed E-state index contributed by atoms with van der Waals surface area (Å²) in [7, 11) is 3.34. The van der Waals surface area contributed by atoms with Crippen molar-refractivity contribution in [1.29, 1.82) is 0 Å². The van der Waals surface area contributed by atoms with Crippen molar-refractivity contribution in [2.75, 3.05) is 51.5 Å². The van der Waals surface area contributed by atoms with Gasteiger partial charge in [-0.25, -0.2) is 13.8 Å². The Kier molecular flexibility index (Phi) is 12.8. The first-order valence-electron chi connectivity index (χ1n) is 16.7. The number of piperazine rings is 1. The van der Waals surface area contributed by atoms with Gasteiger partial charge in [-0.05, 0) is 66.2 Å². The van der Waals surface area contributed by atoms with Crippen LogP contribution >= 0.6 is 17.0 Å². The van der Waals surface area contributed by atoms with E-state index in [-0.39, 0.29) is 34.3 Å². The van der Waals surface area contributed by atoms with Gasteiger partial charge in [0.2, 0.25) is 5.88 Å². The summed E-state index contributed by atoms with van der Waals surface area (Å²) in [5, 5.41) is 0.861. The topological polar surface area (TPSA) is 89.4 Å². The van der Waals surface area contributed by atoms with Gasteiger partial charge in [-0.1, -0.05) is 12.1 Å². The smallest absolute Gasteiger partial charge is 0.485 e. The first kappa shape index (κ1) is 40.0. The minimum absolute atomic E-state index is 0. The van der Waals surface area contributed by atoms with E-state index in [1.807, 2.05) is 46.8 Å². The standard InChI is InChI=1S/C38H36F5N5O5.BrH/c1-45(36(49)26-5-11-30(12-6-26)53-38(41,42)43)28-8-14-35(44-23-28)52-31-13-7-27-19-34(46(2)33(27)20-31)37(50)48-17-15-47(16-18-48)24-25-3-9-29(10-4-25)51-32(21-39)22-40;/h3-14,19-20,23,32H,15-18,21-22,24H2,1-2H3;1H. The van der Waals surface area contributed by atoms with E-state index in [4.69, 9.17) is 9.47 Å². The third kappa shape index (κ3) is 9.65. The quantitative estimate of drug-likeness (QED) is 0.119. The number of alkyl halides is 5. The Labute approximate surface area is 318 Å². The zero-order valence-electron chi connectivity index (χ0n) is 29.3. The van der Waals surface area contributed by atoms with Crippen LogP contribution in [0.25, 0.3) is 10.9 Å². The highest BCUT2D eigenvalue weighted by Gasteiger charge is 2.31. The molecule has 0 spiro atoms. The summed E-state index contributed by atoms with van der Waals surface area (Å²) < 4.78 is 79.9. The van der Waals surface area contributed by atoms with Gasteiger partial charge in [0.05, 0.1) is 17.4 Å². The van der Waals surface area contributed by atoms with Crippen LogP contribution < -0.4 is 19.1 Å². The van der Waals surface area contributed by atoms with Gasteiger partial charge in [-0.3, -0.25) is 14.5 Å². The zero-order chi connectivity index (χ0) is 37.7. The molecule has 1 saturated heterocycles. The van der Waals surface area contributed by atoms with Gasteiger partial charge in [0.25, 0.3) is 11.8 Å². The maximum atomic E-state index is 13.6. The number of aryl methyl sites for hydroxylation is 1. The van der Waals surface area contributed by atoms with Crippen LogP contribution in [0.15, 0.2) is 91.1 Å². The van der Waals surface area contributed by atoms with Gasteiger partial charge in [0, 0.05) is 69.9 Å². The predicted molar refractivity (Wildman–Crippen MR) is 197 cm³/mol. The highest BCUT2D eigenvalue weighted by atomic mass is 79.9. The first-order chi connectivity index (χ1) is 25.4. The van der Waals surface area contributed by atoms with Gasteiger partial charge in [0.1, 0.15) is 36.3 Å². The molecule has 6 rings (SSSR count). The number of aromatic nitrogens is 2. The molecule has 0 saturated carbocycles. The lowest BCUT2D eigenvalue weighted by molar-refractivity contribution is -0.274. The molecule has 0 bridgehead atoms. The average molecular weight is 819 g/mol. The molecule has 0 atom stereocenters. The molecule has 54 heavy (non-hydrogen) atoms. The lowest BCUT2D eigenvalue weighted by atomic mass is 10.2. The van der Waals surface area contributed by atoms with E-state index in [1.165, 1.54) is 30.3 Å². The second-order valence-corrected chi connectivity index (χ2v) is 12.5. The molecule has 1 aliphatic rings. The summed E-state index contributed by atoms with van der Waals surface area (Å²) in [5.74, 6) is 0.200. The Bertz CT molecular complexity index is 2030. The summed E-state index contributed by atoms with van der Waals surface area (Å²) in [4.78, 5) is 36.2. The van der Waals surface area contributed by atoms with Crippen molar-refractivity contribution in [3.63, 3.8) is 0 Å². The fraction of sp³-hybridized carbons (Fsp3) is 0.289.